The zero-order chi connectivity index (χ0) is 12.3. The van der Waals surface area contributed by atoms with Crippen molar-refractivity contribution in [2.24, 2.45) is 5.92 Å². The van der Waals surface area contributed by atoms with E-state index in [9.17, 15) is 19.8 Å². The van der Waals surface area contributed by atoms with Crippen LogP contribution in [0.15, 0.2) is 30.3 Å². The molecule has 0 amide bonds. The predicted molar refractivity (Wildman–Crippen MR) is 66.2 cm³/mol. The Morgan fingerprint density at radius 3 is 1.82 bits per heavy atom. The van der Waals surface area contributed by atoms with E-state index in [2.05, 4.69) is 0 Å². The van der Waals surface area contributed by atoms with Crippen LogP contribution in [0.25, 0.3) is 0 Å². The van der Waals surface area contributed by atoms with Crippen LogP contribution in [0.5, 0.6) is 0 Å². The van der Waals surface area contributed by atoms with Crippen LogP contribution in [-0.2, 0) is 15.0 Å². The molecule has 0 spiro atoms. The topological polar surface area (TPSA) is 74.6 Å². The number of aliphatic carboxylic acids is 2. The van der Waals surface area contributed by atoms with Crippen molar-refractivity contribution in [2.75, 3.05) is 0 Å². The molecule has 0 heterocycles. The van der Waals surface area contributed by atoms with Crippen molar-refractivity contribution >= 4 is 35.0 Å². The molecule has 0 aromatic heterocycles. The Morgan fingerprint density at radius 1 is 1.12 bits per heavy atom. The molecule has 4 nitrogen and oxygen atoms in total. The molecule has 0 aliphatic rings. The summed E-state index contributed by atoms with van der Waals surface area (Å²) in [5.41, 5.74) is -1.58. The second-order valence-electron chi connectivity index (χ2n) is 3.94. The van der Waals surface area contributed by atoms with E-state index in [4.69, 9.17) is 0 Å². The average Bonchev–Trinajstić information content (AvgIpc) is 2.18. The van der Waals surface area contributed by atoms with Crippen LogP contribution < -0.4 is 0 Å². The number of benzene rings is 1. The van der Waals surface area contributed by atoms with E-state index in [1.807, 2.05) is 0 Å². The third kappa shape index (κ3) is 2.61. The van der Waals surface area contributed by atoms with Gasteiger partial charge in [-0.1, -0.05) is 44.2 Å². The molecule has 0 aliphatic heterocycles. The first-order valence-electron chi connectivity index (χ1n) is 4.96. The van der Waals surface area contributed by atoms with Crippen molar-refractivity contribution in [1.29, 1.82) is 0 Å². The molecule has 0 unspecified atom stereocenters. The van der Waals surface area contributed by atoms with Gasteiger partial charge in [0, 0.05) is 0 Å². The first kappa shape index (κ1) is 15.9. The minimum absolute atomic E-state index is 0. The number of carbonyl (C=O) groups is 2. The molecule has 5 heteroatoms. The first-order chi connectivity index (χ1) is 7.44. The number of hydrogen-bond acceptors (Lipinski definition) is 2. The molecule has 0 radical (unpaired) electrons. The Balaban J connectivity index is -0.000000853. The number of carboxylic acid groups (broad SMARTS) is 2. The van der Waals surface area contributed by atoms with E-state index in [0.717, 1.165) is 0 Å². The molecule has 0 saturated heterocycles. The summed E-state index contributed by atoms with van der Waals surface area (Å²) < 4.78 is 0. The van der Waals surface area contributed by atoms with Crippen LogP contribution in [0.1, 0.15) is 22.3 Å². The molecule has 2 N–H and O–H groups in total. The minimum Gasteiger partial charge on any atom is -1.00 e. The molecule has 1 aromatic carbocycles. The van der Waals surface area contributed by atoms with Gasteiger partial charge in [-0.3, -0.25) is 9.59 Å². The van der Waals surface area contributed by atoms with E-state index in [-0.39, 0.29) is 25.9 Å². The first-order valence-corrected chi connectivity index (χ1v) is 4.96. The fourth-order valence-electron chi connectivity index (χ4n) is 1.87. The van der Waals surface area contributed by atoms with Gasteiger partial charge in [0.2, 0.25) is 0 Å². The molecule has 1 aromatic rings. The maximum Gasteiger partial charge on any atom is 2.00 e. The van der Waals surface area contributed by atoms with Crippen molar-refractivity contribution in [2.45, 2.75) is 19.3 Å². The van der Waals surface area contributed by atoms with E-state index < -0.39 is 23.3 Å². The third-order valence-electron chi connectivity index (χ3n) is 2.77. The number of rotatable bonds is 4. The predicted octanol–water partition coefficient (Wildman–Crippen LogP) is 1.59. The average molecular weight is 249 g/mol. The monoisotopic (exact) mass is 248 g/mol. The molecular weight excluding hydrogens is 232 g/mol. The number of hydrogen-bond donors (Lipinski definition) is 2. The van der Waals surface area contributed by atoms with Gasteiger partial charge in [0.1, 0.15) is 0 Å². The Bertz CT molecular complexity index is 395. The summed E-state index contributed by atoms with van der Waals surface area (Å²) >= 11 is 0. The molecule has 0 atom stereocenters. The SMILES string of the molecule is CC(C)C(C(=O)O)(C(=O)O)c1ccccc1.[H-].[H-].[Mg+2]. The van der Waals surface area contributed by atoms with Crippen LogP contribution >= 0.6 is 0 Å². The molecule has 0 aliphatic carbocycles. The van der Waals surface area contributed by atoms with Crippen molar-refractivity contribution in [3.8, 4) is 0 Å². The molecule has 0 saturated carbocycles. The summed E-state index contributed by atoms with van der Waals surface area (Å²) in [6.45, 7) is 3.18. The molecular formula is C12H16MgO4. The fourth-order valence-corrected chi connectivity index (χ4v) is 1.87. The van der Waals surface area contributed by atoms with Crippen molar-refractivity contribution in [3.05, 3.63) is 35.9 Å². The summed E-state index contributed by atoms with van der Waals surface area (Å²) in [6.07, 6.45) is 0. The molecule has 0 bridgehead atoms. The van der Waals surface area contributed by atoms with E-state index >= 15 is 0 Å². The van der Waals surface area contributed by atoms with Gasteiger partial charge in [-0.15, -0.1) is 0 Å². The number of carboxylic acids is 2. The maximum atomic E-state index is 11.3. The largest absolute Gasteiger partial charge is 2.00 e. The van der Waals surface area contributed by atoms with Crippen LogP contribution in [0.3, 0.4) is 0 Å². The molecule has 17 heavy (non-hydrogen) atoms. The van der Waals surface area contributed by atoms with E-state index in [1.54, 1.807) is 32.0 Å². The Labute approximate surface area is 119 Å². The van der Waals surface area contributed by atoms with Crippen LogP contribution in [0, 0.1) is 5.92 Å². The fraction of sp³-hybridized carbons (Fsp3) is 0.333. The molecule has 1 rings (SSSR count). The van der Waals surface area contributed by atoms with Crippen molar-refractivity contribution in [1.82, 2.24) is 0 Å². The summed E-state index contributed by atoms with van der Waals surface area (Å²) in [7, 11) is 0. The zero-order valence-corrected chi connectivity index (χ0v) is 11.3. The van der Waals surface area contributed by atoms with Crippen molar-refractivity contribution in [3.63, 3.8) is 0 Å². The van der Waals surface area contributed by atoms with Gasteiger partial charge < -0.3 is 13.1 Å². The van der Waals surface area contributed by atoms with Gasteiger partial charge in [0.15, 0.2) is 5.41 Å². The van der Waals surface area contributed by atoms with Gasteiger partial charge in [-0.05, 0) is 11.5 Å². The standard InChI is InChI=1S/C12H14O4.Mg.2H/c1-8(2)12(10(13)14,11(15)16)9-6-4-3-5-7-9;;;/h3-8H,1-2H3,(H,13,14)(H,15,16);;;/q;+2;2*-1. The third-order valence-corrected chi connectivity index (χ3v) is 2.77. The van der Waals surface area contributed by atoms with Gasteiger partial charge in [-0.25, -0.2) is 0 Å². The molecule has 0 fully saturated rings. The Morgan fingerprint density at radius 2 is 1.53 bits per heavy atom. The van der Waals surface area contributed by atoms with E-state index in [1.165, 1.54) is 12.1 Å². The zero-order valence-electron chi connectivity index (χ0n) is 11.9. The normalized spacial score (nSPS) is 10.8. The van der Waals surface area contributed by atoms with Gasteiger partial charge in [0.25, 0.3) is 0 Å². The second kappa shape index (κ2) is 6.02. The Kier molecular flexibility index (Phi) is 5.64. The summed E-state index contributed by atoms with van der Waals surface area (Å²) in [5, 5.41) is 18.5. The maximum absolute atomic E-state index is 11.3. The van der Waals surface area contributed by atoms with Gasteiger partial charge in [0.05, 0.1) is 0 Å². The quantitative estimate of drug-likeness (QED) is 0.627. The van der Waals surface area contributed by atoms with Gasteiger partial charge >= 0.3 is 35.0 Å². The smallest absolute Gasteiger partial charge is 1.00 e. The van der Waals surface area contributed by atoms with Gasteiger partial charge in [-0.2, -0.15) is 0 Å². The van der Waals surface area contributed by atoms with Crippen molar-refractivity contribution < 1.29 is 22.7 Å². The van der Waals surface area contributed by atoms with E-state index in [0.29, 0.717) is 5.56 Å². The van der Waals surface area contributed by atoms with Crippen LogP contribution in [0.4, 0.5) is 0 Å². The second-order valence-corrected chi connectivity index (χ2v) is 3.94. The summed E-state index contributed by atoms with van der Waals surface area (Å²) in [4.78, 5) is 22.6. The van der Waals surface area contributed by atoms with Crippen LogP contribution in [0.2, 0.25) is 0 Å². The minimum atomic E-state index is -1.87. The summed E-state index contributed by atoms with van der Waals surface area (Å²) in [5.74, 6) is -3.20. The Hall–Kier alpha value is -1.07. The van der Waals surface area contributed by atoms with Crippen LogP contribution in [-0.4, -0.2) is 45.2 Å². The molecule has 90 valence electrons. The summed E-state index contributed by atoms with van der Waals surface area (Å²) in [6, 6.07) is 8.06.